The molecular formula is C17H25NO3. The standard InChI is InChI=1S/C17H25NO3/c1-3-11-21-17-7-4-6-16-15(17)8-9-18(16)10-14-20-13-5-12-19-2/h4,6-9H,3,5,10-14H2,1-2H3. The van der Waals surface area contributed by atoms with E-state index >= 15 is 0 Å². The van der Waals surface area contributed by atoms with Crippen LogP contribution in [0.3, 0.4) is 0 Å². The van der Waals surface area contributed by atoms with Gasteiger partial charge in [0.05, 0.1) is 18.7 Å². The van der Waals surface area contributed by atoms with Crippen LogP contribution in [0.2, 0.25) is 0 Å². The van der Waals surface area contributed by atoms with Crippen LogP contribution in [0.25, 0.3) is 10.9 Å². The minimum absolute atomic E-state index is 0.716. The number of fused-ring (bicyclic) bond motifs is 1. The van der Waals surface area contributed by atoms with Crippen LogP contribution in [-0.2, 0) is 16.0 Å². The molecule has 0 radical (unpaired) electrons. The van der Waals surface area contributed by atoms with Crippen molar-refractivity contribution < 1.29 is 14.2 Å². The van der Waals surface area contributed by atoms with Crippen molar-refractivity contribution in [2.24, 2.45) is 0 Å². The number of nitrogens with zero attached hydrogens (tertiary/aromatic N) is 1. The maximum absolute atomic E-state index is 5.79. The molecule has 0 bridgehead atoms. The molecule has 0 spiro atoms. The monoisotopic (exact) mass is 291 g/mol. The van der Waals surface area contributed by atoms with Gasteiger partial charge in [-0.2, -0.15) is 0 Å². The molecule has 2 aromatic rings. The van der Waals surface area contributed by atoms with E-state index in [0.717, 1.165) is 45.0 Å². The van der Waals surface area contributed by atoms with Crippen LogP contribution in [0, 0.1) is 0 Å². The molecule has 0 saturated carbocycles. The molecule has 0 aliphatic heterocycles. The van der Waals surface area contributed by atoms with E-state index in [1.807, 2.05) is 12.1 Å². The van der Waals surface area contributed by atoms with E-state index in [1.165, 1.54) is 10.9 Å². The summed E-state index contributed by atoms with van der Waals surface area (Å²) in [7, 11) is 1.71. The van der Waals surface area contributed by atoms with Crippen molar-refractivity contribution in [1.82, 2.24) is 4.57 Å². The molecule has 1 aromatic carbocycles. The number of rotatable bonds is 10. The van der Waals surface area contributed by atoms with E-state index in [4.69, 9.17) is 14.2 Å². The van der Waals surface area contributed by atoms with Gasteiger partial charge in [-0.25, -0.2) is 0 Å². The minimum Gasteiger partial charge on any atom is -0.493 e. The molecule has 0 fully saturated rings. The van der Waals surface area contributed by atoms with Gasteiger partial charge in [-0.1, -0.05) is 13.0 Å². The number of hydrogen-bond acceptors (Lipinski definition) is 3. The van der Waals surface area contributed by atoms with Gasteiger partial charge in [0.25, 0.3) is 0 Å². The van der Waals surface area contributed by atoms with Crippen molar-refractivity contribution >= 4 is 10.9 Å². The minimum atomic E-state index is 0.716. The third-order valence-electron chi connectivity index (χ3n) is 3.35. The molecule has 4 nitrogen and oxygen atoms in total. The summed E-state index contributed by atoms with van der Waals surface area (Å²) < 4.78 is 18.6. The fourth-order valence-corrected chi connectivity index (χ4v) is 2.30. The van der Waals surface area contributed by atoms with Crippen molar-refractivity contribution in [2.45, 2.75) is 26.3 Å². The van der Waals surface area contributed by atoms with Crippen molar-refractivity contribution in [2.75, 3.05) is 33.5 Å². The van der Waals surface area contributed by atoms with Crippen LogP contribution in [0.5, 0.6) is 5.75 Å². The Bertz CT molecular complexity index is 536. The zero-order valence-electron chi connectivity index (χ0n) is 13.0. The summed E-state index contributed by atoms with van der Waals surface area (Å²) in [5.41, 5.74) is 1.20. The lowest BCUT2D eigenvalue weighted by molar-refractivity contribution is 0.0982. The first-order valence-corrected chi connectivity index (χ1v) is 7.64. The molecule has 2 rings (SSSR count). The third-order valence-corrected chi connectivity index (χ3v) is 3.35. The Morgan fingerprint density at radius 1 is 1.05 bits per heavy atom. The van der Waals surface area contributed by atoms with Crippen LogP contribution < -0.4 is 4.74 Å². The summed E-state index contributed by atoms with van der Waals surface area (Å²) in [6.45, 7) is 5.95. The van der Waals surface area contributed by atoms with Gasteiger partial charge >= 0.3 is 0 Å². The summed E-state index contributed by atoms with van der Waals surface area (Å²) in [5.74, 6) is 0.967. The first-order valence-electron chi connectivity index (χ1n) is 7.64. The van der Waals surface area contributed by atoms with Gasteiger partial charge in [0.1, 0.15) is 5.75 Å². The molecule has 0 amide bonds. The summed E-state index contributed by atoms with van der Waals surface area (Å²) >= 11 is 0. The maximum atomic E-state index is 5.79. The van der Waals surface area contributed by atoms with Crippen molar-refractivity contribution in [3.05, 3.63) is 30.5 Å². The van der Waals surface area contributed by atoms with Gasteiger partial charge in [0.2, 0.25) is 0 Å². The highest BCUT2D eigenvalue weighted by atomic mass is 16.5. The van der Waals surface area contributed by atoms with Gasteiger partial charge in [-0.3, -0.25) is 0 Å². The lowest BCUT2D eigenvalue weighted by Gasteiger charge is -2.09. The van der Waals surface area contributed by atoms with Gasteiger partial charge in [0, 0.05) is 38.5 Å². The summed E-state index contributed by atoms with van der Waals surface area (Å²) in [6.07, 6.45) is 4.06. The quantitative estimate of drug-likeness (QED) is 0.628. The van der Waals surface area contributed by atoms with E-state index in [1.54, 1.807) is 7.11 Å². The Hall–Kier alpha value is -1.52. The second kappa shape index (κ2) is 8.70. The van der Waals surface area contributed by atoms with Gasteiger partial charge in [-0.15, -0.1) is 0 Å². The smallest absolute Gasteiger partial charge is 0.128 e. The number of methoxy groups -OCH3 is 1. The first-order chi connectivity index (χ1) is 10.4. The highest BCUT2D eigenvalue weighted by Crippen LogP contribution is 2.26. The normalized spacial score (nSPS) is 11.1. The van der Waals surface area contributed by atoms with Gasteiger partial charge < -0.3 is 18.8 Å². The Kier molecular flexibility index (Phi) is 6.57. The Morgan fingerprint density at radius 3 is 2.76 bits per heavy atom. The van der Waals surface area contributed by atoms with Crippen molar-refractivity contribution in [1.29, 1.82) is 0 Å². The highest BCUT2D eigenvalue weighted by molar-refractivity contribution is 5.86. The molecular weight excluding hydrogens is 266 g/mol. The second-order valence-corrected chi connectivity index (χ2v) is 5.01. The summed E-state index contributed by atoms with van der Waals surface area (Å²) in [4.78, 5) is 0. The first kappa shape index (κ1) is 15.9. The molecule has 4 heteroatoms. The molecule has 1 heterocycles. The van der Waals surface area contributed by atoms with E-state index in [9.17, 15) is 0 Å². The average molecular weight is 291 g/mol. The largest absolute Gasteiger partial charge is 0.493 e. The Morgan fingerprint density at radius 2 is 1.95 bits per heavy atom. The topological polar surface area (TPSA) is 32.6 Å². The summed E-state index contributed by atoms with van der Waals surface area (Å²) in [5, 5.41) is 1.17. The lowest BCUT2D eigenvalue weighted by Crippen LogP contribution is -2.07. The molecule has 0 unspecified atom stereocenters. The molecule has 0 saturated heterocycles. The van der Waals surface area contributed by atoms with E-state index in [0.29, 0.717) is 6.61 Å². The van der Waals surface area contributed by atoms with Crippen molar-refractivity contribution in [3.8, 4) is 5.75 Å². The number of ether oxygens (including phenoxy) is 3. The second-order valence-electron chi connectivity index (χ2n) is 5.01. The number of aromatic nitrogens is 1. The zero-order valence-corrected chi connectivity index (χ0v) is 13.0. The number of benzene rings is 1. The maximum Gasteiger partial charge on any atom is 0.128 e. The molecule has 1 aromatic heterocycles. The Balaban J connectivity index is 1.92. The molecule has 21 heavy (non-hydrogen) atoms. The molecule has 0 N–H and O–H groups in total. The SMILES string of the molecule is CCCOc1cccc2c1ccn2CCOCCCOC. The van der Waals surface area contributed by atoms with Gasteiger partial charge in [-0.05, 0) is 31.0 Å². The van der Waals surface area contributed by atoms with Crippen LogP contribution in [0.15, 0.2) is 30.5 Å². The fourth-order valence-electron chi connectivity index (χ4n) is 2.30. The highest BCUT2D eigenvalue weighted by Gasteiger charge is 2.06. The van der Waals surface area contributed by atoms with Gasteiger partial charge in [0.15, 0.2) is 0 Å². The predicted molar refractivity (Wildman–Crippen MR) is 85.0 cm³/mol. The molecule has 0 atom stereocenters. The van der Waals surface area contributed by atoms with Crippen LogP contribution >= 0.6 is 0 Å². The summed E-state index contributed by atoms with van der Waals surface area (Å²) in [6, 6.07) is 8.32. The fraction of sp³-hybridized carbons (Fsp3) is 0.529. The molecule has 0 aliphatic carbocycles. The Labute approximate surface area is 126 Å². The zero-order chi connectivity index (χ0) is 14.9. The van der Waals surface area contributed by atoms with E-state index in [-0.39, 0.29) is 0 Å². The van der Waals surface area contributed by atoms with Crippen molar-refractivity contribution in [3.63, 3.8) is 0 Å². The van der Waals surface area contributed by atoms with E-state index < -0.39 is 0 Å². The van der Waals surface area contributed by atoms with Crippen LogP contribution in [-0.4, -0.2) is 38.1 Å². The van der Waals surface area contributed by atoms with E-state index in [2.05, 4.69) is 29.8 Å². The molecule has 0 aliphatic rings. The molecule has 116 valence electrons. The van der Waals surface area contributed by atoms with Crippen LogP contribution in [0.1, 0.15) is 19.8 Å². The number of hydrogen-bond donors (Lipinski definition) is 0. The lowest BCUT2D eigenvalue weighted by atomic mass is 10.2. The van der Waals surface area contributed by atoms with Crippen LogP contribution in [0.4, 0.5) is 0 Å². The predicted octanol–water partition coefficient (Wildman–Crippen LogP) is 3.48. The third kappa shape index (κ3) is 4.48. The average Bonchev–Trinajstić information content (AvgIpc) is 2.92.